The van der Waals surface area contributed by atoms with Crippen molar-refractivity contribution in [2.24, 2.45) is 0 Å². The molecule has 0 aliphatic rings. The van der Waals surface area contributed by atoms with Crippen LogP contribution in [-0.2, 0) is 0 Å². The Morgan fingerprint density at radius 2 is 2.14 bits per heavy atom. The number of aromatic hydroxyl groups is 1. The molecule has 0 spiro atoms. The summed E-state index contributed by atoms with van der Waals surface area (Å²) in [7, 11) is 0. The highest BCUT2D eigenvalue weighted by atomic mass is 19.1. The minimum Gasteiger partial charge on any atom is -0.508 e. The van der Waals surface area contributed by atoms with E-state index in [1.54, 1.807) is 0 Å². The van der Waals surface area contributed by atoms with Crippen LogP contribution in [0.1, 0.15) is 17.3 Å². The normalized spacial score (nSPS) is 9.86. The van der Waals surface area contributed by atoms with Crippen molar-refractivity contribution in [2.45, 2.75) is 6.92 Å². The van der Waals surface area contributed by atoms with E-state index in [4.69, 9.17) is 5.11 Å². The SMILES string of the molecule is CC(=O)c1cc(O)cc(F)c1[N+](=O)[O-]. The van der Waals surface area contributed by atoms with Crippen LogP contribution in [0.15, 0.2) is 12.1 Å². The Morgan fingerprint density at radius 1 is 1.57 bits per heavy atom. The summed E-state index contributed by atoms with van der Waals surface area (Å²) in [5, 5.41) is 19.3. The lowest BCUT2D eigenvalue weighted by Gasteiger charge is -2.00. The third-order valence-corrected chi connectivity index (χ3v) is 1.61. The van der Waals surface area contributed by atoms with Crippen LogP contribution in [0, 0.1) is 15.9 Å². The largest absolute Gasteiger partial charge is 0.508 e. The fourth-order valence-corrected chi connectivity index (χ4v) is 1.04. The third-order valence-electron chi connectivity index (χ3n) is 1.61. The molecule has 0 amide bonds. The summed E-state index contributed by atoms with van der Waals surface area (Å²) in [6.07, 6.45) is 0. The second kappa shape index (κ2) is 3.41. The van der Waals surface area contributed by atoms with Crippen LogP contribution in [-0.4, -0.2) is 15.8 Å². The number of benzene rings is 1. The van der Waals surface area contributed by atoms with Gasteiger partial charge in [-0.25, -0.2) is 0 Å². The number of hydrogen-bond donors (Lipinski definition) is 1. The first-order valence-corrected chi connectivity index (χ1v) is 3.61. The Kier molecular flexibility index (Phi) is 2.46. The van der Waals surface area contributed by atoms with Crippen molar-refractivity contribution >= 4 is 11.5 Å². The van der Waals surface area contributed by atoms with E-state index in [-0.39, 0.29) is 0 Å². The molecule has 0 fully saturated rings. The molecule has 0 saturated carbocycles. The highest BCUT2D eigenvalue weighted by Gasteiger charge is 2.24. The number of Topliss-reactive ketones (excluding diaryl/α,β-unsaturated/α-hetero) is 1. The van der Waals surface area contributed by atoms with Gasteiger partial charge in [0.2, 0.25) is 5.82 Å². The number of carbonyl (C=O) groups is 1. The van der Waals surface area contributed by atoms with E-state index in [9.17, 15) is 19.3 Å². The summed E-state index contributed by atoms with van der Waals surface area (Å²) in [4.78, 5) is 20.3. The topological polar surface area (TPSA) is 80.4 Å². The molecule has 0 aromatic heterocycles. The number of ketones is 1. The van der Waals surface area contributed by atoms with Gasteiger partial charge in [0, 0.05) is 6.07 Å². The zero-order valence-corrected chi connectivity index (χ0v) is 7.15. The molecule has 0 bridgehead atoms. The summed E-state index contributed by atoms with van der Waals surface area (Å²) >= 11 is 0. The maximum absolute atomic E-state index is 13.0. The number of nitrogens with zero attached hydrogens (tertiary/aromatic N) is 1. The minimum absolute atomic E-state index is 0.437. The Morgan fingerprint density at radius 3 is 2.57 bits per heavy atom. The fraction of sp³-hybridized carbons (Fsp3) is 0.125. The van der Waals surface area contributed by atoms with E-state index in [1.165, 1.54) is 0 Å². The summed E-state index contributed by atoms with van der Waals surface area (Å²) in [6.45, 7) is 1.06. The van der Waals surface area contributed by atoms with Crippen LogP contribution in [0.4, 0.5) is 10.1 Å². The molecule has 0 heterocycles. The number of phenols is 1. The molecule has 0 radical (unpaired) electrons. The van der Waals surface area contributed by atoms with Gasteiger partial charge >= 0.3 is 5.69 Å². The molecular formula is C8H6FNO4. The van der Waals surface area contributed by atoms with E-state index < -0.39 is 33.5 Å². The van der Waals surface area contributed by atoms with Gasteiger partial charge in [-0.05, 0) is 13.0 Å². The Balaban J connectivity index is 3.52. The Bertz CT molecular complexity index is 416. The van der Waals surface area contributed by atoms with Crippen molar-refractivity contribution in [2.75, 3.05) is 0 Å². The molecule has 5 nitrogen and oxygen atoms in total. The molecule has 0 saturated heterocycles. The number of carbonyl (C=O) groups excluding carboxylic acids is 1. The molecule has 1 rings (SSSR count). The quantitative estimate of drug-likeness (QED) is 0.446. The molecule has 6 heteroatoms. The molecule has 0 atom stereocenters. The second-order valence-corrected chi connectivity index (χ2v) is 2.64. The van der Waals surface area contributed by atoms with Crippen molar-refractivity contribution in [1.29, 1.82) is 0 Å². The van der Waals surface area contributed by atoms with Gasteiger partial charge in [-0.2, -0.15) is 4.39 Å². The molecule has 0 unspecified atom stereocenters. The lowest BCUT2D eigenvalue weighted by atomic mass is 10.1. The smallest absolute Gasteiger partial charge is 0.315 e. The van der Waals surface area contributed by atoms with Crippen LogP contribution in [0.2, 0.25) is 0 Å². The van der Waals surface area contributed by atoms with E-state index in [0.29, 0.717) is 6.07 Å². The maximum Gasteiger partial charge on any atom is 0.315 e. The summed E-state index contributed by atoms with van der Waals surface area (Å²) in [6, 6.07) is 1.45. The summed E-state index contributed by atoms with van der Waals surface area (Å²) in [5.74, 6) is -2.41. The molecular weight excluding hydrogens is 193 g/mol. The van der Waals surface area contributed by atoms with Gasteiger partial charge in [0.25, 0.3) is 0 Å². The highest BCUT2D eigenvalue weighted by molar-refractivity contribution is 5.98. The molecule has 74 valence electrons. The fourth-order valence-electron chi connectivity index (χ4n) is 1.04. The first kappa shape index (κ1) is 10.1. The van der Waals surface area contributed by atoms with Gasteiger partial charge in [0.15, 0.2) is 5.78 Å². The van der Waals surface area contributed by atoms with Crippen molar-refractivity contribution in [3.63, 3.8) is 0 Å². The number of nitro benzene ring substituents is 1. The minimum atomic E-state index is -1.22. The molecule has 0 aliphatic heterocycles. The number of nitro groups is 1. The molecule has 1 aromatic carbocycles. The zero-order valence-electron chi connectivity index (χ0n) is 7.15. The summed E-state index contributed by atoms with van der Waals surface area (Å²) in [5.41, 5.74) is -1.34. The average molecular weight is 199 g/mol. The van der Waals surface area contributed by atoms with Gasteiger partial charge in [0.1, 0.15) is 11.3 Å². The van der Waals surface area contributed by atoms with Crippen LogP contribution in [0.25, 0.3) is 0 Å². The molecule has 1 aromatic rings. The van der Waals surface area contributed by atoms with E-state index in [0.717, 1.165) is 13.0 Å². The first-order valence-electron chi connectivity index (χ1n) is 3.61. The summed E-state index contributed by atoms with van der Waals surface area (Å²) < 4.78 is 13.0. The lowest BCUT2D eigenvalue weighted by Crippen LogP contribution is -2.02. The third kappa shape index (κ3) is 1.68. The number of rotatable bonds is 2. The van der Waals surface area contributed by atoms with E-state index >= 15 is 0 Å². The first-order chi connectivity index (χ1) is 6.43. The maximum atomic E-state index is 13.0. The second-order valence-electron chi connectivity index (χ2n) is 2.64. The number of hydrogen-bond acceptors (Lipinski definition) is 4. The number of halogens is 1. The predicted molar refractivity (Wildman–Crippen MR) is 44.7 cm³/mol. The van der Waals surface area contributed by atoms with Gasteiger partial charge in [0.05, 0.1) is 4.92 Å². The predicted octanol–water partition coefficient (Wildman–Crippen LogP) is 1.64. The number of phenolic OH excluding ortho intramolecular Hbond substituents is 1. The zero-order chi connectivity index (χ0) is 10.9. The Labute approximate surface area is 77.9 Å². The van der Waals surface area contributed by atoms with Crippen molar-refractivity contribution in [3.05, 3.63) is 33.6 Å². The van der Waals surface area contributed by atoms with Crippen LogP contribution in [0.5, 0.6) is 5.75 Å². The van der Waals surface area contributed by atoms with Crippen molar-refractivity contribution in [1.82, 2.24) is 0 Å². The average Bonchev–Trinajstić information content (AvgIpc) is 2.01. The standard InChI is InChI=1S/C8H6FNO4/c1-4(11)6-2-5(12)3-7(9)8(6)10(13)14/h2-3,12H,1H3. The van der Waals surface area contributed by atoms with E-state index in [2.05, 4.69) is 0 Å². The Hall–Kier alpha value is -1.98. The van der Waals surface area contributed by atoms with Crippen LogP contribution >= 0.6 is 0 Å². The van der Waals surface area contributed by atoms with Crippen LogP contribution < -0.4 is 0 Å². The van der Waals surface area contributed by atoms with Crippen molar-refractivity contribution < 1.29 is 19.2 Å². The molecule has 0 aliphatic carbocycles. The van der Waals surface area contributed by atoms with Crippen molar-refractivity contribution in [3.8, 4) is 5.75 Å². The van der Waals surface area contributed by atoms with Gasteiger partial charge in [-0.3, -0.25) is 14.9 Å². The van der Waals surface area contributed by atoms with Crippen LogP contribution in [0.3, 0.4) is 0 Å². The van der Waals surface area contributed by atoms with Gasteiger partial charge in [-0.15, -0.1) is 0 Å². The molecule has 14 heavy (non-hydrogen) atoms. The lowest BCUT2D eigenvalue weighted by molar-refractivity contribution is -0.387. The highest BCUT2D eigenvalue weighted by Crippen LogP contribution is 2.27. The van der Waals surface area contributed by atoms with Gasteiger partial charge < -0.3 is 5.11 Å². The van der Waals surface area contributed by atoms with E-state index in [1.807, 2.05) is 0 Å². The monoisotopic (exact) mass is 199 g/mol. The molecule has 1 N–H and O–H groups in total. The van der Waals surface area contributed by atoms with Gasteiger partial charge in [-0.1, -0.05) is 0 Å².